The SMILES string of the molecule is Cc1oc(-c2ccccc2)nc1COC(=O)C(C)Oc1ccc(Cl)cc1Cl. The van der Waals surface area contributed by atoms with Gasteiger partial charge in [-0.05, 0) is 44.2 Å². The third kappa shape index (κ3) is 4.81. The van der Waals surface area contributed by atoms with Gasteiger partial charge in [-0.3, -0.25) is 0 Å². The van der Waals surface area contributed by atoms with E-state index in [0.29, 0.717) is 33.1 Å². The topological polar surface area (TPSA) is 61.6 Å². The maximum absolute atomic E-state index is 12.2. The molecule has 0 N–H and O–H groups in total. The first-order valence-corrected chi connectivity index (χ1v) is 8.99. The van der Waals surface area contributed by atoms with Gasteiger partial charge in [-0.2, -0.15) is 0 Å². The third-order valence-electron chi connectivity index (χ3n) is 3.79. The number of ether oxygens (including phenoxy) is 2. The van der Waals surface area contributed by atoms with Gasteiger partial charge in [-0.15, -0.1) is 0 Å². The molecule has 1 aromatic heterocycles. The molecular formula is C20H17Cl2NO4. The molecular weight excluding hydrogens is 389 g/mol. The predicted octanol–water partition coefficient (Wildman–Crippen LogP) is 5.47. The molecule has 3 aromatic rings. The number of halogens is 2. The van der Waals surface area contributed by atoms with Gasteiger partial charge >= 0.3 is 5.97 Å². The van der Waals surface area contributed by atoms with Crippen LogP contribution in [-0.2, 0) is 16.1 Å². The van der Waals surface area contributed by atoms with Gasteiger partial charge in [0.05, 0.1) is 5.02 Å². The first-order chi connectivity index (χ1) is 12.9. The highest BCUT2D eigenvalue weighted by Crippen LogP contribution is 2.28. The Morgan fingerprint density at radius 2 is 1.93 bits per heavy atom. The molecule has 0 bridgehead atoms. The number of carbonyl (C=O) groups excluding carboxylic acids is 1. The number of oxazole rings is 1. The minimum atomic E-state index is -0.843. The van der Waals surface area contributed by atoms with Crippen LogP contribution in [0.5, 0.6) is 5.75 Å². The summed E-state index contributed by atoms with van der Waals surface area (Å²) in [6.45, 7) is 3.34. The summed E-state index contributed by atoms with van der Waals surface area (Å²) in [6.07, 6.45) is -0.843. The Balaban J connectivity index is 1.61. The van der Waals surface area contributed by atoms with E-state index >= 15 is 0 Å². The van der Waals surface area contributed by atoms with Crippen molar-refractivity contribution in [3.63, 3.8) is 0 Å². The average Bonchev–Trinajstić information content (AvgIpc) is 3.03. The molecule has 0 aliphatic carbocycles. The summed E-state index contributed by atoms with van der Waals surface area (Å²) < 4.78 is 16.5. The molecule has 5 nitrogen and oxygen atoms in total. The van der Waals surface area contributed by atoms with E-state index in [9.17, 15) is 4.79 Å². The zero-order valence-electron chi connectivity index (χ0n) is 14.7. The van der Waals surface area contributed by atoms with Crippen molar-refractivity contribution < 1.29 is 18.7 Å². The molecule has 0 saturated heterocycles. The van der Waals surface area contributed by atoms with Crippen LogP contribution in [0.25, 0.3) is 11.5 Å². The van der Waals surface area contributed by atoms with Crippen LogP contribution < -0.4 is 4.74 Å². The fourth-order valence-electron chi connectivity index (χ4n) is 2.33. The molecule has 0 fully saturated rings. The Labute approximate surface area is 166 Å². The maximum atomic E-state index is 12.2. The lowest BCUT2D eigenvalue weighted by Crippen LogP contribution is -2.26. The number of benzene rings is 2. The number of hydrogen-bond donors (Lipinski definition) is 0. The van der Waals surface area contributed by atoms with Crippen LogP contribution in [0, 0.1) is 6.92 Å². The van der Waals surface area contributed by atoms with Crippen molar-refractivity contribution >= 4 is 29.2 Å². The molecule has 2 aromatic carbocycles. The van der Waals surface area contributed by atoms with E-state index in [1.165, 1.54) is 0 Å². The number of aryl methyl sites for hydroxylation is 1. The first-order valence-electron chi connectivity index (χ1n) is 8.24. The van der Waals surface area contributed by atoms with Gasteiger partial charge < -0.3 is 13.9 Å². The monoisotopic (exact) mass is 405 g/mol. The van der Waals surface area contributed by atoms with Gasteiger partial charge in [0.2, 0.25) is 5.89 Å². The summed E-state index contributed by atoms with van der Waals surface area (Å²) >= 11 is 11.9. The molecule has 0 radical (unpaired) electrons. The van der Waals surface area contributed by atoms with Crippen molar-refractivity contribution in [3.8, 4) is 17.2 Å². The van der Waals surface area contributed by atoms with Crippen LogP contribution in [0.2, 0.25) is 10.0 Å². The molecule has 27 heavy (non-hydrogen) atoms. The molecule has 0 saturated carbocycles. The first kappa shape index (κ1) is 19.3. The highest BCUT2D eigenvalue weighted by Gasteiger charge is 2.20. The molecule has 1 heterocycles. The number of hydrogen-bond acceptors (Lipinski definition) is 5. The Morgan fingerprint density at radius 1 is 1.19 bits per heavy atom. The number of nitrogens with zero attached hydrogens (tertiary/aromatic N) is 1. The molecule has 0 aliphatic rings. The summed E-state index contributed by atoms with van der Waals surface area (Å²) in [6, 6.07) is 14.3. The zero-order chi connectivity index (χ0) is 19.4. The number of esters is 1. The Morgan fingerprint density at radius 3 is 2.63 bits per heavy atom. The van der Waals surface area contributed by atoms with E-state index in [2.05, 4.69) is 4.98 Å². The summed E-state index contributed by atoms with van der Waals surface area (Å²) in [7, 11) is 0. The molecule has 0 aliphatic heterocycles. The van der Waals surface area contributed by atoms with Crippen molar-refractivity contribution in [1.82, 2.24) is 4.98 Å². The van der Waals surface area contributed by atoms with Gasteiger partial charge in [0.1, 0.15) is 23.8 Å². The third-order valence-corrected chi connectivity index (χ3v) is 4.32. The maximum Gasteiger partial charge on any atom is 0.347 e. The number of carbonyl (C=O) groups is 1. The van der Waals surface area contributed by atoms with Gasteiger partial charge in [0, 0.05) is 10.6 Å². The molecule has 1 atom stereocenters. The Hall–Kier alpha value is -2.50. The molecule has 140 valence electrons. The minimum Gasteiger partial charge on any atom is -0.477 e. The normalized spacial score (nSPS) is 11.9. The second-order valence-corrected chi connectivity index (χ2v) is 6.67. The fraction of sp³-hybridized carbons (Fsp3) is 0.200. The Bertz CT molecular complexity index is 940. The van der Waals surface area contributed by atoms with E-state index in [1.807, 2.05) is 30.3 Å². The average molecular weight is 406 g/mol. The standard InChI is InChI=1S/C20H17Cl2NO4/c1-12-17(23-19(27-12)14-6-4-3-5-7-14)11-25-20(24)13(2)26-18-9-8-15(21)10-16(18)22/h3-10,13H,11H2,1-2H3. The summed E-state index contributed by atoms with van der Waals surface area (Å²) in [5.74, 6) is 0.895. The van der Waals surface area contributed by atoms with Crippen molar-refractivity contribution in [1.29, 1.82) is 0 Å². The van der Waals surface area contributed by atoms with E-state index in [-0.39, 0.29) is 6.61 Å². The smallest absolute Gasteiger partial charge is 0.347 e. The van der Waals surface area contributed by atoms with E-state index in [4.69, 9.17) is 37.1 Å². The van der Waals surface area contributed by atoms with Gasteiger partial charge in [-0.25, -0.2) is 9.78 Å². The van der Waals surface area contributed by atoms with Crippen molar-refractivity contribution in [2.24, 2.45) is 0 Å². The van der Waals surface area contributed by atoms with Gasteiger partial charge in [0.15, 0.2) is 6.10 Å². The summed E-state index contributed by atoms with van der Waals surface area (Å²) in [5.41, 5.74) is 1.41. The fourth-order valence-corrected chi connectivity index (χ4v) is 2.79. The molecule has 3 rings (SSSR count). The molecule has 0 amide bonds. The Kier molecular flexibility index (Phi) is 6.04. The molecule has 0 spiro atoms. The highest BCUT2D eigenvalue weighted by molar-refractivity contribution is 6.35. The van der Waals surface area contributed by atoms with Gasteiger partial charge in [0.25, 0.3) is 0 Å². The van der Waals surface area contributed by atoms with E-state index < -0.39 is 12.1 Å². The van der Waals surface area contributed by atoms with Crippen LogP contribution >= 0.6 is 23.2 Å². The highest BCUT2D eigenvalue weighted by atomic mass is 35.5. The van der Waals surface area contributed by atoms with Crippen LogP contribution in [0.3, 0.4) is 0 Å². The largest absolute Gasteiger partial charge is 0.477 e. The number of aromatic nitrogens is 1. The van der Waals surface area contributed by atoms with E-state index in [1.54, 1.807) is 32.0 Å². The summed E-state index contributed by atoms with van der Waals surface area (Å²) in [5, 5.41) is 0.806. The van der Waals surface area contributed by atoms with Crippen LogP contribution in [0.4, 0.5) is 0 Å². The van der Waals surface area contributed by atoms with Crippen molar-refractivity contribution in [2.45, 2.75) is 26.6 Å². The van der Waals surface area contributed by atoms with Crippen LogP contribution in [0.15, 0.2) is 52.9 Å². The summed E-state index contributed by atoms with van der Waals surface area (Å²) in [4.78, 5) is 16.6. The zero-order valence-corrected chi connectivity index (χ0v) is 16.3. The number of rotatable bonds is 6. The van der Waals surface area contributed by atoms with Crippen molar-refractivity contribution in [3.05, 3.63) is 70.0 Å². The van der Waals surface area contributed by atoms with Crippen LogP contribution in [0.1, 0.15) is 18.4 Å². The predicted molar refractivity (Wildman–Crippen MR) is 103 cm³/mol. The van der Waals surface area contributed by atoms with Gasteiger partial charge in [-0.1, -0.05) is 41.4 Å². The quantitative estimate of drug-likeness (QED) is 0.508. The van der Waals surface area contributed by atoms with Crippen molar-refractivity contribution in [2.75, 3.05) is 0 Å². The second kappa shape index (κ2) is 8.46. The second-order valence-electron chi connectivity index (χ2n) is 5.83. The molecule has 1 unspecified atom stereocenters. The molecule has 7 heteroatoms. The lowest BCUT2D eigenvalue weighted by molar-refractivity contribution is -0.152. The lowest BCUT2D eigenvalue weighted by Gasteiger charge is -2.14. The lowest BCUT2D eigenvalue weighted by atomic mass is 10.2. The van der Waals surface area contributed by atoms with Crippen LogP contribution in [-0.4, -0.2) is 17.1 Å². The minimum absolute atomic E-state index is 0.0109. The van der Waals surface area contributed by atoms with E-state index in [0.717, 1.165) is 5.56 Å².